The van der Waals surface area contributed by atoms with Crippen molar-refractivity contribution in [2.24, 2.45) is 0 Å². The number of hydrogen-bond acceptors (Lipinski definition) is 6. The van der Waals surface area contributed by atoms with Crippen molar-refractivity contribution in [3.8, 4) is 11.3 Å². The maximum Gasteiger partial charge on any atom is 0.166 e. The lowest BCUT2D eigenvalue weighted by Crippen LogP contribution is -2.46. The SMILES string of the molecule is CCN1CCN(CCCc2cnc3c(-c4ccccn4)c(N)nn3c2)CC1. The molecule has 1 aliphatic rings. The minimum atomic E-state index is 0.465. The van der Waals surface area contributed by atoms with Gasteiger partial charge in [0.1, 0.15) is 0 Å². The molecule has 1 aliphatic heterocycles. The third-order valence-corrected chi connectivity index (χ3v) is 5.33. The smallest absolute Gasteiger partial charge is 0.166 e. The van der Waals surface area contributed by atoms with Gasteiger partial charge < -0.3 is 15.5 Å². The van der Waals surface area contributed by atoms with Crippen LogP contribution in [0.2, 0.25) is 0 Å². The van der Waals surface area contributed by atoms with Gasteiger partial charge in [0.25, 0.3) is 0 Å². The molecule has 0 aromatic carbocycles. The van der Waals surface area contributed by atoms with E-state index in [2.05, 4.69) is 31.8 Å². The Morgan fingerprint density at radius 2 is 1.89 bits per heavy atom. The standard InChI is InChI=1S/C20H27N7/c1-2-25-10-12-26(13-11-25)9-5-6-16-14-23-20-18(17-7-3-4-8-22-17)19(21)24-27(20)15-16/h3-4,7-8,14-15H,2,5-6,9-13H2,1H3,(H2,21,24). The second-order valence-electron chi connectivity index (χ2n) is 7.09. The van der Waals surface area contributed by atoms with Crippen molar-refractivity contribution >= 4 is 11.5 Å². The molecule has 0 saturated carbocycles. The number of anilines is 1. The van der Waals surface area contributed by atoms with E-state index in [-0.39, 0.29) is 0 Å². The van der Waals surface area contributed by atoms with Crippen LogP contribution in [0.5, 0.6) is 0 Å². The number of nitrogens with two attached hydrogens (primary N) is 1. The zero-order valence-electron chi connectivity index (χ0n) is 15.9. The first-order valence-electron chi connectivity index (χ1n) is 9.73. The topological polar surface area (TPSA) is 75.6 Å². The molecule has 2 N–H and O–H groups in total. The van der Waals surface area contributed by atoms with E-state index in [4.69, 9.17) is 5.73 Å². The van der Waals surface area contributed by atoms with E-state index in [9.17, 15) is 0 Å². The molecule has 0 amide bonds. The highest BCUT2D eigenvalue weighted by Crippen LogP contribution is 2.27. The lowest BCUT2D eigenvalue weighted by Gasteiger charge is -2.33. The average Bonchev–Trinajstić information content (AvgIpc) is 3.04. The molecule has 4 rings (SSSR count). The van der Waals surface area contributed by atoms with E-state index in [1.54, 1.807) is 10.7 Å². The van der Waals surface area contributed by atoms with Crippen LogP contribution in [0, 0.1) is 0 Å². The summed E-state index contributed by atoms with van der Waals surface area (Å²) in [5, 5.41) is 4.44. The van der Waals surface area contributed by atoms with Crippen molar-refractivity contribution in [2.75, 3.05) is 45.0 Å². The number of aromatic nitrogens is 4. The molecule has 0 spiro atoms. The van der Waals surface area contributed by atoms with Crippen LogP contribution in [0.3, 0.4) is 0 Å². The Hall–Kier alpha value is -2.51. The molecule has 142 valence electrons. The summed E-state index contributed by atoms with van der Waals surface area (Å²) in [6.45, 7) is 9.26. The summed E-state index contributed by atoms with van der Waals surface area (Å²) < 4.78 is 1.79. The van der Waals surface area contributed by atoms with Crippen molar-refractivity contribution in [1.82, 2.24) is 29.4 Å². The fourth-order valence-electron chi connectivity index (χ4n) is 3.71. The fraction of sp³-hybridized carbons (Fsp3) is 0.450. The Morgan fingerprint density at radius 1 is 1.07 bits per heavy atom. The van der Waals surface area contributed by atoms with Gasteiger partial charge in [-0.25, -0.2) is 9.50 Å². The van der Waals surface area contributed by atoms with Crippen LogP contribution in [0.25, 0.3) is 16.9 Å². The lowest BCUT2D eigenvalue weighted by molar-refractivity contribution is 0.136. The maximum atomic E-state index is 6.13. The van der Waals surface area contributed by atoms with E-state index >= 15 is 0 Å². The van der Waals surface area contributed by atoms with Crippen LogP contribution in [-0.2, 0) is 6.42 Å². The summed E-state index contributed by atoms with van der Waals surface area (Å²) in [6, 6.07) is 5.76. The Bertz CT molecular complexity index is 882. The molecule has 0 aliphatic carbocycles. The first kappa shape index (κ1) is 17.9. The number of nitrogen functional groups attached to an aromatic ring is 1. The number of rotatable bonds is 6. The van der Waals surface area contributed by atoms with E-state index in [0.29, 0.717) is 5.82 Å². The normalized spacial score (nSPS) is 16.2. The quantitative estimate of drug-likeness (QED) is 0.720. The molecule has 0 unspecified atom stereocenters. The van der Waals surface area contributed by atoms with Gasteiger partial charge in [0.05, 0.1) is 11.3 Å². The van der Waals surface area contributed by atoms with Gasteiger partial charge in [0, 0.05) is 44.8 Å². The number of piperazine rings is 1. The molecule has 3 aromatic heterocycles. The second kappa shape index (κ2) is 8.02. The van der Waals surface area contributed by atoms with Crippen LogP contribution in [0.15, 0.2) is 36.8 Å². The number of nitrogens with zero attached hydrogens (tertiary/aromatic N) is 6. The molecular formula is C20H27N7. The van der Waals surface area contributed by atoms with Gasteiger partial charge in [-0.2, -0.15) is 0 Å². The lowest BCUT2D eigenvalue weighted by atomic mass is 10.1. The Labute approximate surface area is 159 Å². The average molecular weight is 365 g/mol. The minimum absolute atomic E-state index is 0.465. The summed E-state index contributed by atoms with van der Waals surface area (Å²) in [5.74, 6) is 0.465. The minimum Gasteiger partial charge on any atom is -0.382 e. The van der Waals surface area contributed by atoms with Gasteiger partial charge in [0.15, 0.2) is 11.5 Å². The molecular weight excluding hydrogens is 338 g/mol. The van der Waals surface area contributed by atoms with Crippen LogP contribution < -0.4 is 5.73 Å². The van der Waals surface area contributed by atoms with E-state index in [0.717, 1.165) is 42.8 Å². The summed E-state index contributed by atoms with van der Waals surface area (Å²) in [5.41, 5.74) is 9.68. The zero-order valence-corrected chi connectivity index (χ0v) is 15.9. The van der Waals surface area contributed by atoms with Gasteiger partial charge in [-0.3, -0.25) is 4.98 Å². The predicted molar refractivity (Wildman–Crippen MR) is 108 cm³/mol. The maximum absolute atomic E-state index is 6.13. The van der Waals surface area contributed by atoms with Gasteiger partial charge in [-0.15, -0.1) is 5.10 Å². The van der Waals surface area contributed by atoms with Gasteiger partial charge in [0.2, 0.25) is 0 Å². The summed E-state index contributed by atoms with van der Waals surface area (Å²) >= 11 is 0. The third kappa shape index (κ3) is 3.94. The first-order chi connectivity index (χ1) is 13.2. The van der Waals surface area contributed by atoms with Crippen LogP contribution in [0.4, 0.5) is 5.82 Å². The van der Waals surface area contributed by atoms with Crippen molar-refractivity contribution < 1.29 is 0 Å². The highest BCUT2D eigenvalue weighted by Gasteiger charge is 2.16. The van der Waals surface area contributed by atoms with Crippen LogP contribution in [-0.4, -0.2) is 68.7 Å². The largest absolute Gasteiger partial charge is 0.382 e. The zero-order chi connectivity index (χ0) is 18.6. The molecule has 27 heavy (non-hydrogen) atoms. The molecule has 0 bridgehead atoms. The van der Waals surface area contributed by atoms with E-state index < -0.39 is 0 Å². The molecule has 1 saturated heterocycles. The molecule has 3 aromatic rings. The number of hydrogen-bond donors (Lipinski definition) is 1. The third-order valence-electron chi connectivity index (χ3n) is 5.33. The van der Waals surface area contributed by atoms with Crippen molar-refractivity contribution in [2.45, 2.75) is 19.8 Å². The van der Waals surface area contributed by atoms with E-state index in [1.165, 1.54) is 31.7 Å². The van der Waals surface area contributed by atoms with Crippen molar-refractivity contribution in [3.63, 3.8) is 0 Å². The first-order valence-corrected chi connectivity index (χ1v) is 9.73. The number of likely N-dealkylation sites (N-methyl/N-ethyl adjacent to an activating group) is 1. The van der Waals surface area contributed by atoms with Crippen molar-refractivity contribution in [1.29, 1.82) is 0 Å². The molecule has 7 nitrogen and oxygen atoms in total. The monoisotopic (exact) mass is 365 g/mol. The fourth-order valence-corrected chi connectivity index (χ4v) is 3.71. The second-order valence-corrected chi connectivity index (χ2v) is 7.09. The number of aryl methyl sites for hydroxylation is 1. The van der Waals surface area contributed by atoms with Crippen molar-refractivity contribution in [3.05, 3.63) is 42.4 Å². The van der Waals surface area contributed by atoms with Gasteiger partial charge in [-0.05, 0) is 43.6 Å². The van der Waals surface area contributed by atoms with Crippen LogP contribution in [0.1, 0.15) is 18.9 Å². The van der Waals surface area contributed by atoms with Gasteiger partial charge in [-0.1, -0.05) is 13.0 Å². The van der Waals surface area contributed by atoms with Gasteiger partial charge >= 0.3 is 0 Å². The highest BCUT2D eigenvalue weighted by atomic mass is 15.3. The Kier molecular flexibility index (Phi) is 5.31. The summed E-state index contributed by atoms with van der Waals surface area (Å²) in [6.07, 6.45) is 7.86. The predicted octanol–water partition coefficient (Wildman–Crippen LogP) is 1.94. The summed E-state index contributed by atoms with van der Waals surface area (Å²) in [7, 11) is 0. The Balaban J connectivity index is 1.41. The molecule has 0 atom stereocenters. The highest BCUT2D eigenvalue weighted by molar-refractivity contribution is 5.84. The number of fused-ring (bicyclic) bond motifs is 1. The van der Waals surface area contributed by atoms with E-state index in [1.807, 2.05) is 30.6 Å². The summed E-state index contributed by atoms with van der Waals surface area (Å²) in [4.78, 5) is 14.1. The molecule has 7 heteroatoms. The molecule has 4 heterocycles. The molecule has 0 radical (unpaired) electrons. The number of pyridine rings is 1. The molecule has 1 fully saturated rings. The Morgan fingerprint density at radius 3 is 2.63 bits per heavy atom. The van der Waals surface area contributed by atoms with Crippen LogP contribution >= 0.6 is 0 Å².